The summed E-state index contributed by atoms with van der Waals surface area (Å²) in [7, 11) is -0.825. The van der Waals surface area contributed by atoms with Crippen molar-refractivity contribution in [3.05, 3.63) is 28.5 Å². The molecule has 0 fully saturated rings. The second-order valence-electron chi connectivity index (χ2n) is 4.93. The fraction of sp³-hybridized carbons (Fsp3) is 0.583. The first-order valence-corrected chi connectivity index (χ1v) is 7.42. The molecule has 0 radical (unpaired) electrons. The zero-order chi connectivity index (χ0) is 12.3. The summed E-state index contributed by atoms with van der Waals surface area (Å²) in [5.41, 5.74) is 1.00. The van der Waals surface area contributed by atoms with Gasteiger partial charge in [0.15, 0.2) is 0 Å². The second-order valence-corrected chi connectivity index (χ2v) is 8.09. The van der Waals surface area contributed by atoms with Crippen molar-refractivity contribution < 1.29 is 4.21 Å². The first-order chi connectivity index (χ1) is 7.30. The molecule has 0 aliphatic heterocycles. The summed E-state index contributed by atoms with van der Waals surface area (Å²) in [6.45, 7) is 8.08. The molecular weight excluding hydrogens is 286 g/mol. The molecule has 1 aromatic heterocycles. The topological polar surface area (TPSA) is 30.0 Å². The highest BCUT2D eigenvalue weighted by molar-refractivity contribution is 9.10. The Morgan fingerprint density at radius 2 is 2.06 bits per heavy atom. The van der Waals surface area contributed by atoms with Crippen LogP contribution in [0.3, 0.4) is 0 Å². The molecule has 1 aromatic rings. The van der Waals surface area contributed by atoms with E-state index in [4.69, 9.17) is 0 Å². The summed E-state index contributed by atoms with van der Waals surface area (Å²) >= 11 is 3.35. The smallest absolute Gasteiger partial charge is 0.0441 e. The molecule has 4 heteroatoms. The van der Waals surface area contributed by atoms with E-state index in [1.165, 1.54) is 0 Å². The van der Waals surface area contributed by atoms with Gasteiger partial charge in [0, 0.05) is 43.6 Å². The first kappa shape index (κ1) is 13.8. The quantitative estimate of drug-likeness (QED) is 0.855. The lowest BCUT2D eigenvalue weighted by Crippen LogP contribution is -2.26. The zero-order valence-corrected chi connectivity index (χ0v) is 12.6. The average molecular weight is 304 g/mol. The van der Waals surface area contributed by atoms with Crippen LogP contribution in [0.15, 0.2) is 22.8 Å². The Kier molecular flexibility index (Phi) is 4.68. The second kappa shape index (κ2) is 5.41. The fourth-order valence-electron chi connectivity index (χ4n) is 1.24. The third kappa shape index (κ3) is 3.98. The normalized spacial score (nSPS) is 15.8. The Morgan fingerprint density at radius 1 is 1.44 bits per heavy atom. The fourth-order valence-corrected chi connectivity index (χ4v) is 2.60. The van der Waals surface area contributed by atoms with Crippen LogP contribution < -0.4 is 0 Å². The van der Waals surface area contributed by atoms with Crippen molar-refractivity contribution in [2.24, 2.45) is 0 Å². The SMILES string of the molecule is C[C@@H](CS(=O)C(C)(C)C)c1ccc(Br)cn1. The van der Waals surface area contributed by atoms with Gasteiger partial charge in [-0.05, 0) is 48.8 Å². The summed E-state index contributed by atoms with van der Waals surface area (Å²) in [6, 6.07) is 3.95. The van der Waals surface area contributed by atoms with Crippen molar-refractivity contribution in [1.82, 2.24) is 4.98 Å². The molecule has 1 rings (SSSR count). The van der Waals surface area contributed by atoms with Gasteiger partial charge in [-0.25, -0.2) is 0 Å². The lowest BCUT2D eigenvalue weighted by molar-refractivity contribution is 0.641. The predicted molar refractivity (Wildman–Crippen MR) is 73.1 cm³/mol. The van der Waals surface area contributed by atoms with Crippen molar-refractivity contribution in [1.29, 1.82) is 0 Å². The molecule has 1 heterocycles. The lowest BCUT2D eigenvalue weighted by Gasteiger charge is -2.20. The van der Waals surface area contributed by atoms with Gasteiger partial charge < -0.3 is 0 Å². The number of hydrogen-bond acceptors (Lipinski definition) is 2. The number of rotatable bonds is 3. The maximum absolute atomic E-state index is 12.0. The summed E-state index contributed by atoms with van der Waals surface area (Å²) in [5, 5.41) is 0. The van der Waals surface area contributed by atoms with Crippen LogP contribution >= 0.6 is 15.9 Å². The van der Waals surface area contributed by atoms with Gasteiger partial charge in [-0.1, -0.05) is 6.92 Å². The van der Waals surface area contributed by atoms with Crippen LogP contribution in [0.25, 0.3) is 0 Å². The summed E-state index contributed by atoms with van der Waals surface area (Å²) in [4.78, 5) is 4.33. The summed E-state index contributed by atoms with van der Waals surface area (Å²) in [6.07, 6.45) is 1.78. The van der Waals surface area contributed by atoms with Crippen LogP contribution in [0.5, 0.6) is 0 Å². The zero-order valence-electron chi connectivity index (χ0n) is 10.2. The van der Waals surface area contributed by atoms with E-state index in [1.807, 2.05) is 32.9 Å². The number of hydrogen-bond donors (Lipinski definition) is 0. The minimum Gasteiger partial charge on any atom is -0.260 e. The van der Waals surface area contributed by atoms with Crippen molar-refractivity contribution in [2.75, 3.05) is 5.75 Å². The maximum atomic E-state index is 12.0. The molecule has 0 aliphatic rings. The lowest BCUT2D eigenvalue weighted by atomic mass is 10.1. The van der Waals surface area contributed by atoms with Gasteiger partial charge in [-0.2, -0.15) is 0 Å². The Morgan fingerprint density at radius 3 is 2.50 bits per heavy atom. The number of halogens is 1. The first-order valence-electron chi connectivity index (χ1n) is 5.30. The van der Waals surface area contributed by atoms with Crippen LogP contribution in [0.2, 0.25) is 0 Å². The molecule has 0 aromatic carbocycles. The Labute approximate surface area is 108 Å². The minimum atomic E-state index is -0.825. The van der Waals surface area contributed by atoms with Gasteiger partial charge in [0.05, 0.1) is 0 Å². The average Bonchev–Trinajstić information content (AvgIpc) is 2.17. The van der Waals surface area contributed by atoms with Gasteiger partial charge in [0.25, 0.3) is 0 Å². The highest BCUT2D eigenvalue weighted by Gasteiger charge is 2.22. The van der Waals surface area contributed by atoms with E-state index < -0.39 is 10.8 Å². The Bertz CT molecular complexity index is 370. The summed E-state index contributed by atoms with van der Waals surface area (Å²) in [5.74, 6) is 0.895. The molecule has 0 bridgehead atoms. The van der Waals surface area contributed by atoms with Crippen LogP contribution in [-0.4, -0.2) is 19.7 Å². The molecule has 2 atom stereocenters. The van der Waals surface area contributed by atoms with Gasteiger partial charge in [-0.3, -0.25) is 9.19 Å². The molecule has 1 unspecified atom stereocenters. The van der Waals surface area contributed by atoms with Crippen molar-refractivity contribution in [3.63, 3.8) is 0 Å². The molecule has 0 saturated carbocycles. The van der Waals surface area contributed by atoms with Crippen molar-refractivity contribution in [3.8, 4) is 0 Å². The van der Waals surface area contributed by atoms with E-state index in [1.54, 1.807) is 6.20 Å². The minimum absolute atomic E-state index is 0.149. The molecule has 2 nitrogen and oxygen atoms in total. The van der Waals surface area contributed by atoms with E-state index in [9.17, 15) is 4.21 Å². The predicted octanol–water partition coefficient (Wildman–Crippen LogP) is 3.49. The van der Waals surface area contributed by atoms with Crippen LogP contribution in [0.4, 0.5) is 0 Å². The molecule has 0 saturated heterocycles. The molecule has 16 heavy (non-hydrogen) atoms. The van der Waals surface area contributed by atoms with Gasteiger partial charge in [0.1, 0.15) is 0 Å². The van der Waals surface area contributed by atoms with E-state index in [0.717, 1.165) is 10.2 Å². The Hall–Kier alpha value is -0.220. The molecule has 0 amide bonds. The number of pyridine rings is 1. The largest absolute Gasteiger partial charge is 0.260 e. The van der Waals surface area contributed by atoms with E-state index >= 15 is 0 Å². The Balaban J connectivity index is 2.69. The van der Waals surface area contributed by atoms with Gasteiger partial charge in [-0.15, -0.1) is 0 Å². The molecule has 0 aliphatic carbocycles. The van der Waals surface area contributed by atoms with E-state index in [2.05, 4.69) is 27.8 Å². The number of nitrogens with zero attached hydrogens (tertiary/aromatic N) is 1. The van der Waals surface area contributed by atoms with Crippen LogP contribution in [0, 0.1) is 0 Å². The molecule has 0 spiro atoms. The van der Waals surface area contributed by atoms with Gasteiger partial charge in [0.2, 0.25) is 0 Å². The molecule has 0 N–H and O–H groups in total. The third-order valence-corrected chi connectivity index (χ3v) is 4.98. The van der Waals surface area contributed by atoms with Crippen molar-refractivity contribution in [2.45, 2.75) is 38.4 Å². The van der Waals surface area contributed by atoms with E-state index in [0.29, 0.717) is 5.75 Å². The molecule has 90 valence electrons. The van der Waals surface area contributed by atoms with Crippen LogP contribution in [-0.2, 0) is 10.8 Å². The number of aromatic nitrogens is 1. The van der Waals surface area contributed by atoms with Crippen LogP contribution in [0.1, 0.15) is 39.3 Å². The maximum Gasteiger partial charge on any atom is 0.0441 e. The van der Waals surface area contributed by atoms with Crippen molar-refractivity contribution >= 4 is 26.7 Å². The monoisotopic (exact) mass is 303 g/mol. The highest BCUT2D eigenvalue weighted by atomic mass is 79.9. The summed E-state index contributed by atoms with van der Waals surface area (Å²) < 4.78 is 12.8. The van der Waals surface area contributed by atoms with Gasteiger partial charge >= 0.3 is 0 Å². The highest BCUT2D eigenvalue weighted by Crippen LogP contribution is 2.20. The van der Waals surface area contributed by atoms with E-state index in [-0.39, 0.29) is 10.7 Å². The standard InChI is InChI=1S/C12H18BrNOS/c1-9(8-16(15)12(2,3)4)11-6-5-10(13)7-14-11/h5-7,9H,8H2,1-4H3/t9-,16?/m0/s1. The molecular formula is C12H18BrNOS. The third-order valence-electron chi connectivity index (χ3n) is 2.34.